The smallest absolute Gasteiger partial charge is 0.323 e. The molecule has 0 aliphatic rings. The quantitative estimate of drug-likeness (QED) is 0.842. The number of carboxylic acid groups (broad SMARTS) is 1. The number of para-hydroxylation sites is 1. The third kappa shape index (κ3) is 2.90. The summed E-state index contributed by atoms with van der Waals surface area (Å²) in [6.07, 6.45) is 0.127. The molecule has 0 aliphatic heterocycles. The number of aliphatic carboxylic acids is 1. The Morgan fingerprint density at radius 1 is 1.37 bits per heavy atom. The van der Waals surface area contributed by atoms with E-state index in [9.17, 15) is 9.59 Å². The number of aromatic amines is 1. The number of aromatic nitrogens is 2. The average molecular weight is 261 g/mol. The first-order valence-corrected chi connectivity index (χ1v) is 6.03. The molecule has 0 atom stereocenters. The highest BCUT2D eigenvalue weighted by molar-refractivity contribution is 5.88. The lowest BCUT2D eigenvalue weighted by atomic mass is 10.1. The van der Waals surface area contributed by atoms with Crippen LogP contribution >= 0.6 is 0 Å². The maximum absolute atomic E-state index is 12.0. The molecule has 6 nitrogen and oxygen atoms in total. The number of nitrogens with one attached hydrogen (secondary N) is 1. The molecule has 0 fully saturated rings. The molecular weight excluding hydrogens is 246 g/mol. The number of nitrogens with zero attached hydrogens (tertiary/aromatic N) is 2. The molecule has 1 aromatic heterocycles. The average Bonchev–Trinajstić information content (AvgIpc) is 2.79. The molecule has 2 aromatic rings. The first kappa shape index (κ1) is 13.1. The Hall–Kier alpha value is -2.37. The minimum absolute atomic E-state index is 0.127. The molecule has 0 saturated heterocycles. The Morgan fingerprint density at radius 3 is 2.79 bits per heavy atom. The third-order valence-corrected chi connectivity index (χ3v) is 2.93. The van der Waals surface area contributed by atoms with Crippen LogP contribution in [-0.2, 0) is 16.0 Å². The predicted octanol–water partition coefficient (Wildman–Crippen LogP) is 1.04. The van der Waals surface area contributed by atoms with Gasteiger partial charge in [-0.05, 0) is 13.0 Å². The van der Waals surface area contributed by atoms with Gasteiger partial charge in [-0.1, -0.05) is 18.2 Å². The lowest BCUT2D eigenvalue weighted by Crippen LogP contribution is -2.36. The molecule has 2 rings (SSSR count). The summed E-state index contributed by atoms with van der Waals surface area (Å²) in [6, 6.07) is 7.49. The fraction of sp³-hybridized carbons (Fsp3) is 0.308. The number of carbonyl (C=O) groups excluding carboxylic acids is 1. The van der Waals surface area contributed by atoms with Crippen LogP contribution in [-0.4, -0.2) is 45.2 Å². The molecule has 100 valence electrons. The number of hydrogen-bond acceptors (Lipinski definition) is 3. The molecule has 1 aromatic carbocycles. The molecule has 0 saturated carbocycles. The summed E-state index contributed by atoms with van der Waals surface area (Å²) in [6.45, 7) is 1.85. The first-order valence-electron chi connectivity index (χ1n) is 6.03. The van der Waals surface area contributed by atoms with Crippen molar-refractivity contribution in [3.8, 4) is 0 Å². The number of hydrogen-bond donors (Lipinski definition) is 2. The number of carboxylic acids is 1. The zero-order valence-corrected chi connectivity index (χ0v) is 10.6. The molecular formula is C13H15N3O3. The molecule has 19 heavy (non-hydrogen) atoms. The van der Waals surface area contributed by atoms with Crippen molar-refractivity contribution >= 4 is 22.8 Å². The van der Waals surface area contributed by atoms with Crippen LogP contribution in [0.3, 0.4) is 0 Å². The van der Waals surface area contributed by atoms with Gasteiger partial charge in [-0.3, -0.25) is 14.7 Å². The van der Waals surface area contributed by atoms with Gasteiger partial charge in [0.2, 0.25) is 5.91 Å². The molecule has 0 radical (unpaired) electrons. The molecule has 0 bridgehead atoms. The Bertz CT molecular complexity index is 606. The summed E-state index contributed by atoms with van der Waals surface area (Å²) in [7, 11) is 0. The zero-order chi connectivity index (χ0) is 13.8. The van der Waals surface area contributed by atoms with Gasteiger partial charge in [0.05, 0.1) is 17.6 Å². The van der Waals surface area contributed by atoms with E-state index in [1.54, 1.807) is 6.92 Å². The summed E-state index contributed by atoms with van der Waals surface area (Å²) in [5.41, 5.74) is 1.51. The van der Waals surface area contributed by atoms with Crippen molar-refractivity contribution in [1.29, 1.82) is 0 Å². The molecule has 1 heterocycles. The van der Waals surface area contributed by atoms with Crippen LogP contribution in [0.15, 0.2) is 24.3 Å². The van der Waals surface area contributed by atoms with Crippen molar-refractivity contribution in [2.75, 3.05) is 13.1 Å². The second-order valence-electron chi connectivity index (χ2n) is 4.20. The van der Waals surface area contributed by atoms with Crippen LogP contribution < -0.4 is 0 Å². The van der Waals surface area contributed by atoms with E-state index in [0.29, 0.717) is 12.2 Å². The van der Waals surface area contributed by atoms with Gasteiger partial charge in [0, 0.05) is 11.9 Å². The maximum Gasteiger partial charge on any atom is 0.323 e. The van der Waals surface area contributed by atoms with Crippen molar-refractivity contribution < 1.29 is 14.7 Å². The predicted molar refractivity (Wildman–Crippen MR) is 69.7 cm³/mol. The van der Waals surface area contributed by atoms with Gasteiger partial charge in [0.25, 0.3) is 0 Å². The Morgan fingerprint density at radius 2 is 2.11 bits per heavy atom. The topological polar surface area (TPSA) is 86.3 Å². The van der Waals surface area contributed by atoms with Gasteiger partial charge < -0.3 is 10.0 Å². The summed E-state index contributed by atoms with van der Waals surface area (Å²) in [4.78, 5) is 24.0. The monoisotopic (exact) mass is 261 g/mol. The number of likely N-dealkylation sites (N-methyl/N-ethyl adjacent to an activating group) is 1. The molecule has 2 N–H and O–H groups in total. The van der Waals surface area contributed by atoms with Crippen LogP contribution in [0.4, 0.5) is 0 Å². The van der Waals surface area contributed by atoms with E-state index in [1.807, 2.05) is 24.3 Å². The highest BCUT2D eigenvalue weighted by Crippen LogP contribution is 2.16. The van der Waals surface area contributed by atoms with E-state index in [1.165, 1.54) is 4.90 Å². The largest absolute Gasteiger partial charge is 0.480 e. The summed E-state index contributed by atoms with van der Waals surface area (Å²) < 4.78 is 0. The lowest BCUT2D eigenvalue weighted by molar-refractivity contribution is -0.144. The zero-order valence-electron chi connectivity index (χ0n) is 10.6. The first-order chi connectivity index (χ1) is 9.11. The minimum Gasteiger partial charge on any atom is -0.480 e. The molecule has 0 unspecified atom stereocenters. The van der Waals surface area contributed by atoms with E-state index in [-0.39, 0.29) is 18.9 Å². The summed E-state index contributed by atoms with van der Waals surface area (Å²) >= 11 is 0. The number of amides is 1. The van der Waals surface area contributed by atoms with Crippen LogP contribution in [0.1, 0.15) is 12.6 Å². The van der Waals surface area contributed by atoms with Crippen LogP contribution in [0.5, 0.6) is 0 Å². The molecule has 0 aliphatic carbocycles. The molecule has 6 heteroatoms. The Kier molecular flexibility index (Phi) is 3.79. The van der Waals surface area contributed by atoms with Gasteiger partial charge >= 0.3 is 5.97 Å². The van der Waals surface area contributed by atoms with Crippen molar-refractivity contribution in [3.63, 3.8) is 0 Å². The highest BCUT2D eigenvalue weighted by Gasteiger charge is 2.17. The fourth-order valence-electron chi connectivity index (χ4n) is 1.95. The van der Waals surface area contributed by atoms with Gasteiger partial charge in [-0.15, -0.1) is 0 Å². The molecule has 1 amide bonds. The van der Waals surface area contributed by atoms with E-state index in [2.05, 4.69) is 10.2 Å². The second-order valence-corrected chi connectivity index (χ2v) is 4.20. The van der Waals surface area contributed by atoms with Crippen LogP contribution in [0, 0.1) is 0 Å². The van der Waals surface area contributed by atoms with Crippen molar-refractivity contribution in [2.45, 2.75) is 13.3 Å². The van der Waals surface area contributed by atoms with Crippen LogP contribution in [0.25, 0.3) is 10.9 Å². The number of carbonyl (C=O) groups is 2. The number of fused-ring (bicyclic) bond motifs is 1. The van der Waals surface area contributed by atoms with Gasteiger partial charge in [-0.25, -0.2) is 0 Å². The van der Waals surface area contributed by atoms with Crippen molar-refractivity contribution in [2.24, 2.45) is 0 Å². The van der Waals surface area contributed by atoms with E-state index in [4.69, 9.17) is 5.11 Å². The SMILES string of the molecule is CCN(CC(=O)O)C(=O)Cc1[nH]nc2ccccc12. The van der Waals surface area contributed by atoms with Gasteiger partial charge in [-0.2, -0.15) is 5.10 Å². The number of H-pyrrole nitrogens is 1. The maximum atomic E-state index is 12.0. The van der Waals surface area contributed by atoms with E-state index in [0.717, 1.165) is 10.9 Å². The Balaban J connectivity index is 2.16. The summed E-state index contributed by atoms with van der Waals surface area (Å²) in [5.74, 6) is -1.23. The van der Waals surface area contributed by atoms with Crippen LogP contribution in [0.2, 0.25) is 0 Å². The lowest BCUT2D eigenvalue weighted by Gasteiger charge is -2.17. The fourth-order valence-corrected chi connectivity index (χ4v) is 1.95. The Labute approximate surface area is 110 Å². The van der Waals surface area contributed by atoms with Crippen molar-refractivity contribution in [1.82, 2.24) is 15.1 Å². The number of rotatable bonds is 5. The van der Waals surface area contributed by atoms with Gasteiger partial charge in [0.1, 0.15) is 6.54 Å². The second kappa shape index (κ2) is 5.51. The van der Waals surface area contributed by atoms with E-state index < -0.39 is 5.97 Å². The standard InChI is InChI=1S/C13H15N3O3/c1-2-16(8-13(18)19)12(17)7-11-9-5-3-4-6-10(9)14-15-11/h3-6H,2,7-8H2,1H3,(H,14,15)(H,18,19). The van der Waals surface area contributed by atoms with Crippen molar-refractivity contribution in [3.05, 3.63) is 30.0 Å². The highest BCUT2D eigenvalue weighted by atomic mass is 16.4. The number of benzene rings is 1. The normalized spacial score (nSPS) is 10.6. The minimum atomic E-state index is -1.01. The van der Waals surface area contributed by atoms with E-state index >= 15 is 0 Å². The molecule has 0 spiro atoms. The third-order valence-electron chi connectivity index (χ3n) is 2.93. The van der Waals surface area contributed by atoms with Gasteiger partial charge in [0.15, 0.2) is 0 Å². The summed E-state index contributed by atoms with van der Waals surface area (Å²) in [5, 5.41) is 16.6.